The largest absolute Gasteiger partial charge is 0.466 e. The standard InChI is InChI=1S/2H3O4P.HOP/c2*1-5(2,3)4;1-2/h2*(H3,1,2,3,4);2H. The van der Waals surface area contributed by atoms with E-state index in [0.29, 0.717) is 0 Å². The molecule has 0 radical (unpaired) electrons. The second-order valence-electron chi connectivity index (χ2n) is 1.03. The Bertz CT molecular complexity index is 134. The molecule has 0 aliphatic rings. The highest BCUT2D eigenvalue weighted by Crippen LogP contribution is 2.26. The molecule has 0 spiro atoms. The highest BCUT2D eigenvalue weighted by atomic mass is 31.2. The van der Waals surface area contributed by atoms with Crippen LogP contribution in [0.4, 0.5) is 0 Å². The van der Waals surface area contributed by atoms with Crippen molar-refractivity contribution in [2.45, 2.75) is 0 Å². The lowest BCUT2D eigenvalue weighted by molar-refractivity contribution is 0.272. The van der Waals surface area contributed by atoms with Gasteiger partial charge in [0.15, 0.2) is 0 Å². The normalized spacial score (nSPS) is 10.2. The van der Waals surface area contributed by atoms with Gasteiger partial charge in [-0.2, -0.15) is 0 Å². The van der Waals surface area contributed by atoms with Crippen LogP contribution in [0.3, 0.4) is 0 Å². The Kier molecular flexibility index (Phi) is 12.0. The molecule has 76 valence electrons. The fraction of sp³-hybridized carbons (Fsp3) is 0. The zero-order valence-electron chi connectivity index (χ0n) is 5.30. The first kappa shape index (κ1) is 18.2. The molecule has 0 heterocycles. The van der Waals surface area contributed by atoms with Gasteiger partial charge in [0.2, 0.25) is 0 Å². The quantitative estimate of drug-likeness (QED) is 0.280. The molecule has 0 amide bonds. The Hall–Kier alpha value is 0.320. The van der Waals surface area contributed by atoms with Gasteiger partial charge in [0, 0.05) is 0 Å². The van der Waals surface area contributed by atoms with Gasteiger partial charge in [-0.05, 0) is 0 Å². The Balaban J connectivity index is -0.000000112. The van der Waals surface area contributed by atoms with Gasteiger partial charge in [0.25, 0.3) is 0 Å². The lowest BCUT2D eigenvalue weighted by Gasteiger charge is -1.82. The van der Waals surface area contributed by atoms with Crippen molar-refractivity contribution in [1.29, 1.82) is 0 Å². The molecule has 12 heavy (non-hydrogen) atoms. The van der Waals surface area contributed by atoms with Crippen LogP contribution in [0.5, 0.6) is 0 Å². The third kappa shape index (κ3) is 8750. The molecule has 9 nitrogen and oxygen atoms in total. The third-order valence-electron chi connectivity index (χ3n) is 0. The summed E-state index contributed by atoms with van der Waals surface area (Å²) in [4.78, 5) is 43.1. The summed E-state index contributed by atoms with van der Waals surface area (Å²) < 4.78 is 25.8. The van der Waals surface area contributed by atoms with Gasteiger partial charge < -0.3 is 29.4 Å². The molecule has 0 unspecified atom stereocenters. The van der Waals surface area contributed by atoms with E-state index in [1.807, 2.05) is 0 Å². The minimum absolute atomic E-state index is 1.72. The smallest absolute Gasteiger partial charge is 0.303 e. The first-order valence-corrected chi connectivity index (χ1v) is 5.31. The van der Waals surface area contributed by atoms with Crippen LogP contribution in [0.2, 0.25) is 0 Å². The zero-order valence-corrected chi connectivity index (χ0v) is 8.09. The van der Waals surface area contributed by atoms with Crippen LogP contribution in [-0.2, 0) is 13.7 Å². The summed E-state index contributed by atoms with van der Waals surface area (Å²) in [5, 5.41) is 0. The van der Waals surface area contributed by atoms with E-state index in [2.05, 4.69) is 0 Å². The number of hydrogen-bond acceptors (Lipinski definition) is 3. The van der Waals surface area contributed by atoms with Crippen molar-refractivity contribution in [3.63, 3.8) is 0 Å². The van der Waals surface area contributed by atoms with Gasteiger partial charge in [-0.15, -0.1) is 0 Å². The SMILES string of the molecule is O=P.O=P(O)(O)O.O=P(O)(O)O. The van der Waals surface area contributed by atoms with E-state index in [1.165, 1.54) is 0 Å². The van der Waals surface area contributed by atoms with E-state index in [1.54, 1.807) is 9.12 Å². The fourth-order valence-corrected chi connectivity index (χ4v) is 0. The molecule has 0 atom stereocenters. The summed E-state index contributed by atoms with van der Waals surface area (Å²) >= 11 is 0. The highest BCUT2D eigenvalue weighted by Gasteiger charge is 2.00. The zero-order chi connectivity index (χ0) is 11.0. The summed E-state index contributed by atoms with van der Waals surface area (Å²) in [7, 11) is -7.56. The maximum Gasteiger partial charge on any atom is 0.466 e. The highest BCUT2D eigenvalue weighted by molar-refractivity contribution is 7.45. The molecular weight excluding hydrogens is 237 g/mol. The summed E-state index contributed by atoms with van der Waals surface area (Å²) in [6.07, 6.45) is 0. The summed E-state index contributed by atoms with van der Waals surface area (Å²) in [6, 6.07) is 0. The van der Waals surface area contributed by atoms with Crippen LogP contribution in [0.15, 0.2) is 0 Å². The van der Waals surface area contributed by atoms with Crippen molar-refractivity contribution >= 4 is 24.8 Å². The van der Waals surface area contributed by atoms with Crippen LogP contribution < -0.4 is 0 Å². The average Bonchev–Trinajstić information content (AvgIpc) is 1.59. The molecule has 0 aromatic carbocycles. The number of rotatable bonds is 0. The van der Waals surface area contributed by atoms with Crippen molar-refractivity contribution in [1.82, 2.24) is 0 Å². The van der Waals surface area contributed by atoms with Crippen LogP contribution in [0.25, 0.3) is 0 Å². The summed E-state index contributed by atoms with van der Waals surface area (Å²) in [5.41, 5.74) is 0. The molecule has 0 saturated heterocycles. The van der Waals surface area contributed by atoms with Crippen LogP contribution >= 0.6 is 24.8 Å². The Morgan fingerprint density at radius 1 is 0.667 bits per heavy atom. The van der Waals surface area contributed by atoms with Crippen molar-refractivity contribution < 1.29 is 43.1 Å². The van der Waals surface area contributed by atoms with E-state index in [9.17, 15) is 0 Å². The third-order valence-corrected chi connectivity index (χ3v) is 0. The predicted octanol–water partition coefficient (Wildman–Crippen LogP) is -1.38. The van der Waals surface area contributed by atoms with Gasteiger partial charge in [-0.25, -0.2) is 9.13 Å². The maximum atomic E-state index is 8.88. The monoisotopic (exact) mass is 244 g/mol. The van der Waals surface area contributed by atoms with Crippen molar-refractivity contribution in [2.75, 3.05) is 0 Å². The molecule has 0 aliphatic heterocycles. The van der Waals surface area contributed by atoms with Gasteiger partial charge in [-0.3, -0.25) is 4.57 Å². The van der Waals surface area contributed by atoms with Gasteiger partial charge in [-0.1, -0.05) is 0 Å². The Labute approximate surface area is 68.8 Å². The molecule has 6 N–H and O–H groups in total. The van der Waals surface area contributed by atoms with E-state index in [0.717, 1.165) is 0 Å². The molecule has 0 rings (SSSR count). The Morgan fingerprint density at radius 2 is 0.667 bits per heavy atom. The maximum absolute atomic E-state index is 8.88. The summed E-state index contributed by atoms with van der Waals surface area (Å²) in [6.45, 7) is 0. The van der Waals surface area contributed by atoms with Crippen LogP contribution in [0, 0.1) is 0 Å². The minimum Gasteiger partial charge on any atom is -0.303 e. The van der Waals surface area contributed by atoms with Crippen molar-refractivity contribution in [2.24, 2.45) is 0 Å². The van der Waals surface area contributed by atoms with Crippen LogP contribution in [-0.4, -0.2) is 29.4 Å². The molecule has 0 aromatic heterocycles. The number of phosphoric acid groups is 2. The second kappa shape index (κ2) is 7.94. The van der Waals surface area contributed by atoms with Crippen LogP contribution in [0.1, 0.15) is 0 Å². The Morgan fingerprint density at radius 3 is 0.667 bits per heavy atom. The lowest BCUT2D eigenvalue weighted by atomic mass is 15.8. The molecule has 0 aliphatic carbocycles. The average molecular weight is 244 g/mol. The first-order chi connectivity index (χ1) is 5.00. The second-order valence-corrected chi connectivity index (χ2v) is 3.08. The topological polar surface area (TPSA) is 173 Å². The van der Waals surface area contributed by atoms with Gasteiger partial charge in [0.1, 0.15) is 9.12 Å². The minimum atomic E-state index is -4.64. The van der Waals surface area contributed by atoms with Gasteiger partial charge >= 0.3 is 15.6 Å². The number of hydrogen-bond donors (Lipinski definition) is 6. The van der Waals surface area contributed by atoms with Gasteiger partial charge in [0.05, 0.1) is 0 Å². The molecule has 12 heteroatoms. The van der Waals surface area contributed by atoms with Crippen molar-refractivity contribution in [3.8, 4) is 0 Å². The lowest BCUT2D eigenvalue weighted by Crippen LogP contribution is -1.66. The van der Waals surface area contributed by atoms with E-state index < -0.39 is 15.6 Å². The predicted molar refractivity (Wildman–Crippen MR) is 37.5 cm³/mol. The molecule has 0 bridgehead atoms. The van der Waals surface area contributed by atoms with E-state index in [-0.39, 0.29) is 0 Å². The van der Waals surface area contributed by atoms with Crippen molar-refractivity contribution in [3.05, 3.63) is 0 Å². The molecule has 0 aromatic rings. The molecule has 0 saturated carbocycles. The van der Waals surface area contributed by atoms with E-state index in [4.69, 9.17) is 43.1 Å². The molecule has 0 fully saturated rings. The molecular formula is H7O9P3. The fourth-order valence-electron chi connectivity index (χ4n) is 0. The van der Waals surface area contributed by atoms with E-state index >= 15 is 0 Å². The first-order valence-electron chi connectivity index (χ1n) is 1.77. The summed E-state index contributed by atoms with van der Waals surface area (Å²) in [5.74, 6) is 0.